The molecule has 1 aromatic heterocycles. The lowest BCUT2D eigenvalue weighted by Gasteiger charge is -2.24. The number of nitrogens with one attached hydrogen (secondary N) is 1. The summed E-state index contributed by atoms with van der Waals surface area (Å²) in [4.78, 5) is 36.1. The molecular weight excluding hydrogens is 351 g/mol. The third kappa shape index (κ3) is 4.03. The number of halogens is 1. The van der Waals surface area contributed by atoms with E-state index < -0.39 is 23.5 Å². The van der Waals surface area contributed by atoms with Crippen LogP contribution in [-0.2, 0) is 19.1 Å². The van der Waals surface area contributed by atoms with Crippen molar-refractivity contribution in [1.82, 2.24) is 15.1 Å². The molecule has 0 bridgehead atoms. The molecule has 2 aromatic rings. The van der Waals surface area contributed by atoms with Gasteiger partial charge < -0.3 is 10.1 Å². The zero-order valence-corrected chi connectivity index (χ0v) is 13.7. The van der Waals surface area contributed by atoms with Crippen LogP contribution in [0.25, 0.3) is 10.6 Å². The number of imide groups is 1. The van der Waals surface area contributed by atoms with Crippen LogP contribution in [0.2, 0.25) is 0 Å². The van der Waals surface area contributed by atoms with E-state index in [1.165, 1.54) is 6.07 Å². The Bertz CT molecular complexity index is 809. The second-order valence-electron chi connectivity index (χ2n) is 5.12. The number of benzene rings is 1. The number of carbonyl (C=O) groups excluding carboxylic acids is 3. The summed E-state index contributed by atoms with van der Waals surface area (Å²) < 4.78 is 18.5. The monoisotopic (exact) mass is 364 g/mol. The summed E-state index contributed by atoms with van der Waals surface area (Å²) >= 11 is 1.03. The van der Waals surface area contributed by atoms with Gasteiger partial charge in [0.15, 0.2) is 5.01 Å². The van der Waals surface area contributed by atoms with Crippen molar-refractivity contribution in [2.24, 2.45) is 0 Å². The Morgan fingerprint density at radius 2 is 1.96 bits per heavy atom. The minimum Gasteiger partial charge on any atom is -0.362 e. The number of nitrogens with zero attached hydrogens (tertiary/aromatic N) is 3. The number of carbonyl (C=O) groups is 3. The van der Waals surface area contributed by atoms with Crippen molar-refractivity contribution in [3.05, 3.63) is 30.1 Å². The van der Waals surface area contributed by atoms with Crippen molar-refractivity contribution in [2.75, 3.05) is 25.1 Å². The van der Waals surface area contributed by atoms with E-state index in [4.69, 9.17) is 4.74 Å². The van der Waals surface area contributed by atoms with Crippen molar-refractivity contribution in [2.45, 2.75) is 6.42 Å². The lowest BCUT2D eigenvalue weighted by Crippen LogP contribution is -2.47. The van der Waals surface area contributed by atoms with Crippen LogP contribution in [0, 0.1) is 5.82 Å². The van der Waals surface area contributed by atoms with Gasteiger partial charge in [-0.15, -0.1) is 10.2 Å². The molecule has 130 valence electrons. The number of amides is 3. The molecule has 1 aromatic carbocycles. The maximum atomic E-state index is 13.7. The van der Waals surface area contributed by atoms with Crippen LogP contribution in [0.1, 0.15) is 6.42 Å². The molecule has 1 fully saturated rings. The van der Waals surface area contributed by atoms with E-state index in [2.05, 4.69) is 15.5 Å². The maximum absolute atomic E-state index is 13.7. The summed E-state index contributed by atoms with van der Waals surface area (Å²) in [5.41, 5.74) is 0.296. The fraction of sp³-hybridized carbons (Fsp3) is 0.267. The molecule has 25 heavy (non-hydrogen) atoms. The van der Waals surface area contributed by atoms with Gasteiger partial charge in [-0.2, -0.15) is 0 Å². The van der Waals surface area contributed by atoms with Gasteiger partial charge in [0.05, 0.1) is 0 Å². The van der Waals surface area contributed by atoms with Crippen LogP contribution in [-0.4, -0.2) is 52.6 Å². The molecule has 10 heteroatoms. The van der Waals surface area contributed by atoms with Crippen LogP contribution in [0.5, 0.6) is 0 Å². The molecule has 0 atom stereocenters. The van der Waals surface area contributed by atoms with Crippen molar-refractivity contribution < 1.29 is 23.5 Å². The Morgan fingerprint density at radius 3 is 2.68 bits per heavy atom. The fourth-order valence-electron chi connectivity index (χ4n) is 2.18. The summed E-state index contributed by atoms with van der Waals surface area (Å²) in [6.45, 7) is -0.378. The lowest BCUT2D eigenvalue weighted by molar-refractivity contribution is -0.158. The average Bonchev–Trinajstić information content (AvgIpc) is 3.03. The van der Waals surface area contributed by atoms with Crippen LogP contribution in [0.4, 0.5) is 9.52 Å². The first-order chi connectivity index (χ1) is 12.0. The molecule has 3 rings (SSSR count). The predicted molar refractivity (Wildman–Crippen MR) is 86.1 cm³/mol. The smallest absolute Gasteiger partial charge is 0.255 e. The third-order valence-corrected chi connectivity index (χ3v) is 4.26. The van der Waals surface area contributed by atoms with Crippen LogP contribution < -0.4 is 5.32 Å². The number of hydrogen-bond acceptors (Lipinski definition) is 7. The number of aromatic nitrogens is 2. The highest BCUT2D eigenvalue weighted by atomic mass is 32.1. The highest BCUT2D eigenvalue weighted by Crippen LogP contribution is 2.28. The molecule has 3 amide bonds. The number of hydrogen-bond donors (Lipinski definition) is 1. The lowest BCUT2D eigenvalue weighted by atomic mass is 10.2. The largest absolute Gasteiger partial charge is 0.362 e. The topological polar surface area (TPSA) is 101 Å². The standard InChI is InChI=1S/C15H13FN4O4S/c16-10-4-2-1-3-9(10)14-18-19-15(25-14)17-11(21)5-6-20-12(22)7-24-8-13(20)23/h1-4H,5-8H2,(H,17,19,21). The molecule has 1 aliphatic rings. The molecule has 0 radical (unpaired) electrons. The van der Waals surface area contributed by atoms with E-state index in [9.17, 15) is 18.8 Å². The van der Waals surface area contributed by atoms with E-state index in [0.29, 0.717) is 10.6 Å². The van der Waals surface area contributed by atoms with Gasteiger partial charge in [0, 0.05) is 18.5 Å². The molecule has 8 nitrogen and oxygen atoms in total. The summed E-state index contributed by atoms with van der Waals surface area (Å²) in [5.74, 6) is -1.80. The zero-order valence-electron chi connectivity index (χ0n) is 12.9. The molecule has 0 spiro atoms. The Morgan fingerprint density at radius 1 is 1.24 bits per heavy atom. The van der Waals surface area contributed by atoms with E-state index >= 15 is 0 Å². The minimum absolute atomic E-state index is 0.0359. The van der Waals surface area contributed by atoms with Gasteiger partial charge in [0.25, 0.3) is 11.8 Å². The van der Waals surface area contributed by atoms with Gasteiger partial charge in [0.1, 0.15) is 19.0 Å². The third-order valence-electron chi connectivity index (χ3n) is 3.39. The highest BCUT2D eigenvalue weighted by molar-refractivity contribution is 7.18. The van der Waals surface area contributed by atoms with Crippen LogP contribution >= 0.6 is 11.3 Å². The van der Waals surface area contributed by atoms with E-state index in [1.54, 1.807) is 18.2 Å². The summed E-state index contributed by atoms with van der Waals surface area (Å²) in [6.07, 6.45) is -0.0773. The number of morpholine rings is 1. The van der Waals surface area contributed by atoms with Crippen molar-refractivity contribution >= 4 is 34.2 Å². The first kappa shape index (κ1) is 17.1. The number of anilines is 1. The van der Waals surface area contributed by atoms with E-state index in [-0.39, 0.29) is 31.3 Å². The summed E-state index contributed by atoms with van der Waals surface area (Å²) in [5, 5.41) is 10.7. The maximum Gasteiger partial charge on any atom is 0.255 e. The first-order valence-corrected chi connectivity index (χ1v) is 8.15. The van der Waals surface area contributed by atoms with Crippen LogP contribution in [0.15, 0.2) is 24.3 Å². The zero-order chi connectivity index (χ0) is 17.8. The molecule has 1 saturated heterocycles. The highest BCUT2D eigenvalue weighted by Gasteiger charge is 2.26. The van der Waals surface area contributed by atoms with Gasteiger partial charge in [-0.25, -0.2) is 4.39 Å². The number of rotatable bonds is 5. The number of ether oxygens (including phenoxy) is 1. The molecule has 1 N–H and O–H groups in total. The Kier molecular flexibility index (Phi) is 5.10. The Labute approximate surface area is 145 Å². The summed E-state index contributed by atoms with van der Waals surface area (Å²) in [7, 11) is 0. The molecule has 1 aliphatic heterocycles. The van der Waals surface area contributed by atoms with Gasteiger partial charge in [-0.3, -0.25) is 19.3 Å². The van der Waals surface area contributed by atoms with Gasteiger partial charge in [-0.05, 0) is 12.1 Å². The van der Waals surface area contributed by atoms with Crippen molar-refractivity contribution in [3.8, 4) is 10.6 Å². The molecule has 0 saturated carbocycles. The summed E-state index contributed by atoms with van der Waals surface area (Å²) in [6, 6.07) is 6.12. The molecule has 0 unspecified atom stereocenters. The van der Waals surface area contributed by atoms with Crippen LogP contribution in [0.3, 0.4) is 0 Å². The van der Waals surface area contributed by atoms with Gasteiger partial charge in [0.2, 0.25) is 11.0 Å². The van der Waals surface area contributed by atoms with E-state index in [1.807, 2.05) is 0 Å². The Balaban J connectivity index is 1.58. The van der Waals surface area contributed by atoms with Crippen molar-refractivity contribution in [3.63, 3.8) is 0 Å². The first-order valence-electron chi connectivity index (χ1n) is 7.34. The Hall–Kier alpha value is -2.72. The van der Waals surface area contributed by atoms with Gasteiger partial charge >= 0.3 is 0 Å². The van der Waals surface area contributed by atoms with E-state index in [0.717, 1.165) is 16.2 Å². The predicted octanol–water partition coefficient (Wildman–Crippen LogP) is 1.06. The van der Waals surface area contributed by atoms with Gasteiger partial charge in [-0.1, -0.05) is 23.5 Å². The quantitative estimate of drug-likeness (QED) is 0.796. The minimum atomic E-state index is -0.471. The normalized spacial score (nSPS) is 14.7. The fourth-order valence-corrected chi connectivity index (χ4v) is 2.97. The average molecular weight is 364 g/mol. The molecule has 2 heterocycles. The molecule has 0 aliphatic carbocycles. The SMILES string of the molecule is O=C(CCN1C(=O)COCC1=O)Nc1nnc(-c2ccccc2F)s1. The van der Waals surface area contributed by atoms with Crippen molar-refractivity contribution in [1.29, 1.82) is 0 Å². The molecular formula is C15H13FN4O4S. The second kappa shape index (κ2) is 7.45. The second-order valence-corrected chi connectivity index (χ2v) is 6.10.